The molecule has 1 rings (SSSR count). The number of benzene rings is 1. The minimum Gasteiger partial charge on any atom is -0.329 e. The molecule has 0 saturated heterocycles. The van der Waals surface area contributed by atoms with E-state index in [9.17, 15) is 0 Å². The zero-order valence-corrected chi connectivity index (χ0v) is 10.9. The molecule has 0 aliphatic heterocycles. The van der Waals surface area contributed by atoms with Crippen molar-refractivity contribution in [2.45, 2.75) is 40.2 Å². The molecule has 1 atom stereocenters. The number of nitrogens with one attached hydrogen (secondary N) is 1. The molecule has 1 aromatic carbocycles. The maximum absolute atomic E-state index is 5.86. The Morgan fingerprint density at radius 1 is 1.19 bits per heavy atom. The van der Waals surface area contributed by atoms with Gasteiger partial charge in [-0.1, -0.05) is 24.6 Å². The average molecular weight is 220 g/mol. The Morgan fingerprint density at radius 2 is 1.75 bits per heavy atom. The number of aryl methyl sites for hydroxylation is 3. The maximum atomic E-state index is 5.86. The van der Waals surface area contributed by atoms with Gasteiger partial charge >= 0.3 is 0 Å². The molecular formula is C14H24N2. The van der Waals surface area contributed by atoms with Gasteiger partial charge in [0.1, 0.15) is 0 Å². The summed E-state index contributed by atoms with van der Waals surface area (Å²) in [5.74, 6) is 0. The molecule has 0 fully saturated rings. The Morgan fingerprint density at radius 3 is 2.19 bits per heavy atom. The summed E-state index contributed by atoms with van der Waals surface area (Å²) in [7, 11) is 0. The van der Waals surface area contributed by atoms with Crippen molar-refractivity contribution in [3.63, 3.8) is 0 Å². The summed E-state index contributed by atoms with van der Waals surface area (Å²) < 4.78 is 0. The normalized spacial score (nSPS) is 12.8. The van der Waals surface area contributed by atoms with Crippen LogP contribution in [0.3, 0.4) is 0 Å². The monoisotopic (exact) mass is 220 g/mol. The van der Waals surface area contributed by atoms with Gasteiger partial charge in [-0.2, -0.15) is 0 Å². The fraction of sp³-hybridized carbons (Fsp3) is 0.571. The smallest absolute Gasteiger partial charge is 0.0449 e. The fourth-order valence-corrected chi connectivity index (χ4v) is 2.36. The van der Waals surface area contributed by atoms with Gasteiger partial charge in [-0.25, -0.2) is 0 Å². The second-order valence-electron chi connectivity index (χ2n) is 4.55. The van der Waals surface area contributed by atoms with Crippen molar-refractivity contribution >= 4 is 0 Å². The van der Waals surface area contributed by atoms with E-state index >= 15 is 0 Å². The van der Waals surface area contributed by atoms with Gasteiger partial charge in [0, 0.05) is 12.6 Å². The minimum absolute atomic E-state index is 0.292. The largest absolute Gasteiger partial charge is 0.329 e. The second kappa shape index (κ2) is 6.02. The minimum atomic E-state index is 0.292. The molecule has 0 bridgehead atoms. The van der Waals surface area contributed by atoms with Crippen LogP contribution >= 0.6 is 0 Å². The maximum Gasteiger partial charge on any atom is 0.0449 e. The number of nitrogens with two attached hydrogens (primary N) is 1. The van der Waals surface area contributed by atoms with Crippen molar-refractivity contribution in [1.82, 2.24) is 5.32 Å². The first-order valence-electron chi connectivity index (χ1n) is 6.11. The van der Waals surface area contributed by atoms with E-state index < -0.39 is 0 Å². The predicted octanol–water partition coefficient (Wildman–Crippen LogP) is 2.61. The lowest BCUT2D eigenvalue weighted by atomic mass is 9.94. The van der Waals surface area contributed by atoms with Gasteiger partial charge < -0.3 is 11.1 Å². The summed E-state index contributed by atoms with van der Waals surface area (Å²) in [5, 5.41) is 3.51. The molecule has 0 spiro atoms. The number of hydrogen-bond donors (Lipinski definition) is 2. The first-order chi connectivity index (χ1) is 7.60. The Bertz CT molecular complexity index is 322. The van der Waals surface area contributed by atoms with Crippen molar-refractivity contribution in [2.24, 2.45) is 5.73 Å². The fourth-order valence-electron chi connectivity index (χ4n) is 2.36. The average Bonchev–Trinajstić information content (AvgIpc) is 2.21. The van der Waals surface area contributed by atoms with Gasteiger partial charge in [-0.05, 0) is 50.4 Å². The molecule has 0 aromatic heterocycles. The first kappa shape index (κ1) is 13.2. The van der Waals surface area contributed by atoms with E-state index in [0.29, 0.717) is 12.6 Å². The lowest BCUT2D eigenvalue weighted by Crippen LogP contribution is -2.30. The van der Waals surface area contributed by atoms with E-state index in [1.165, 1.54) is 22.3 Å². The molecule has 0 radical (unpaired) electrons. The topological polar surface area (TPSA) is 38.0 Å². The molecule has 1 aromatic rings. The summed E-state index contributed by atoms with van der Waals surface area (Å²) in [4.78, 5) is 0. The first-order valence-corrected chi connectivity index (χ1v) is 6.11. The molecular weight excluding hydrogens is 196 g/mol. The van der Waals surface area contributed by atoms with Gasteiger partial charge in [-0.15, -0.1) is 0 Å². The van der Waals surface area contributed by atoms with E-state index in [0.717, 1.165) is 13.0 Å². The SMILES string of the molecule is CCCNC(CN)c1c(C)cc(C)cc1C. The van der Waals surface area contributed by atoms with Crippen LogP contribution in [0.5, 0.6) is 0 Å². The van der Waals surface area contributed by atoms with Gasteiger partial charge in [0.25, 0.3) is 0 Å². The van der Waals surface area contributed by atoms with Crippen LogP contribution in [0.15, 0.2) is 12.1 Å². The summed E-state index contributed by atoms with van der Waals surface area (Å²) in [6, 6.07) is 4.76. The van der Waals surface area contributed by atoms with Gasteiger partial charge in [-0.3, -0.25) is 0 Å². The molecule has 2 heteroatoms. The lowest BCUT2D eigenvalue weighted by molar-refractivity contribution is 0.536. The third-order valence-corrected chi connectivity index (χ3v) is 2.96. The molecule has 0 aliphatic rings. The molecule has 0 heterocycles. The van der Waals surface area contributed by atoms with Crippen LogP contribution in [0.25, 0.3) is 0 Å². The number of rotatable bonds is 5. The van der Waals surface area contributed by atoms with E-state index in [4.69, 9.17) is 5.73 Å². The van der Waals surface area contributed by atoms with E-state index in [-0.39, 0.29) is 0 Å². The molecule has 3 N–H and O–H groups in total. The van der Waals surface area contributed by atoms with Crippen LogP contribution in [0, 0.1) is 20.8 Å². The zero-order chi connectivity index (χ0) is 12.1. The van der Waals surface area contributed by atoms with E-state index in [1.807, 2.05) is 0 Å². The molecule has 1 unspecified atom stereocenters. The lowest BCUT2D eigenvalue weighted by Gasteiger charge is -2.22. The molecule has 2 nitrogen and oxygen atoms in total. The van der Waals surface area contributed by atoms with Crippen LogP contribution in [0.2, 0.25) is 0 Å². The van der Waals surface area contributed by atoms with Crippen LogP contribution in [-0.4, -0.2) is 13.1 Å². The Hall–Kier alpha value is -0.860. The Kier molecular flexibility index (Phi) is 4.97. The predicted molar refractivity (Wildman–Crippen MR) is 70.7 cm³/mol. The molecule has 0 amide bonds. The van der Waals surface area contributed by atoms with Crippen molar-refractivity contribution in [3.05, 3.63) is 34.4 Å². The third kappa shape index (κ3) is 3.06. The Labute approximate surface area is 99.2 Å². The van der Waals surface area contributed by atoms with E-state index in [1.54, 1.807) is 0 Å². The molecule has 90 valence electrons. The Balaban J connectivity index is 2.99. The summed E-state index contributed by atoms with van der Waals surface area (Å²) in [6.07, 6.45) is 1.14. The van der Waals surface area contributed by atoms with Crippen molar-refractivity contribution in [3.8, 4) is 0 Å². The standard InChI is InChI=1S/C14H24N2/c1-5-6-16-13(9-15)14-11(3)7-10(2)8-12(14)4/h7-8,13,16H,5-6,9,15H2,1-4H3. The van der Waals surface area contributed by atoms with Gasteiger partial charge in [0.15, 0.2) is 0 Å². The van der Waals surface area contributed by atoms with Crippen molar-refractivity contribution in [1.29, 1.82) is 0 Å². The highest BCUT2D eigenvalue weighted by Gasteiger charge is 2.13. The van der Waals surface area contributed by atoms with E-state index in [2.05, 4.69) is 45.1 Å². The molecule has 16 heavy (non-hydrogen) atoms. The summed E-state index contributed by atoms with van der Waals surface area (Å²) in [6.45, 7) is 10.3. The van der Waals surface area contributed by atoms with Gasteiger partial charge in [0.2, 0.25) is 0 Å². The summed E-state index contributed by atoms with van der Waals surface area (Å²) >= 11 is 0. The summed E-state index contributed by atoms with van der Waals surface area (Å²) in [5.41, 5.74) is 11.2. The third-order valence-electron chi connectivity index (χ3n) is 2.96. The zero-order valence-electron chi connectivity index (χ0n) is 10.9. The van der Waals surface area contributed by atoms with Crippen LogP contribution in [0.4, 0.5) is 0 Å². The molecule has 0 aliphatic carbocycles. The van der Waals surface area contributed by atoms with Crippen LogP contribution in [0.1, 0.15) is 41.6 Å². The van der Waals surface area contributed by atoms with Crippen molar-refractivity contribution in [2.75, 3.05) is 13.1 Å². The highest BCUT2D eigenvalue weighted by atomic mass is 14.9. The highest BCUT2D eigenvalue weighted by molar-refractivity contribution is 5.39. The number of hydrogen-bond acceptors (Lipinski definition) is 2. The van der Waals surface area contributed by atoms with Crippen molar-refractivity contribution < 1.29 is 0 Å². The van der Waals surface area contributed by atoms with Gasteiger partial charge in [0.05, 0.1) is 0 Å². The van der Waals surface area contributed by atoms with Crippen LogP contribution < -0.4 is 11.1 Å². The molecule has 0 saturated carbocycles. The quantitative estimate of drug-likeness (QED) is 0.800. The van der Waals surface area contributed by atoms with Crippen LogP contribution in [-0.2, 0) is 0 Å². The second-order valence-corrected chi connectivity index (χ2v) is 4.55. The highest BCUT2D eigenvalue weighted by Crippen LogP contribution is 2.22.